The highest BCUT2D eigenvalue weighted by Crippen LogP contribution is 2.33. The monoisotopic (exact) mass is 291 g/mol. The van der Waals surface area contributed by atoms with E-state index in [9.17, 15) is 14.7 Å². The predicted octanol–water partition coefficient (Wildman–Crippen LogP) is 4.03. The van der Waals surface area contributed by atoms with E-state index in [1.807, 2.05) is 20.8 Å². The van der Waals surface area contributed by atoms with E-state index in [2.05, 4.69) is 6.92 Å². The molecule has 3 N–H and O–H groups in total. The molecule has 0 aliphatic carbocycles. The Morgan fingerprint density at radius 2 is 1.81 bits per heavy atom. The van der Waals surface area contributed by atoms with Crippen LogP contribution in [-0.4, -0.2) is 16.9 Å². The molecule has 1 rings (SSSR count). The normalized spacial score (nSPS) is 11.4. The van der Waals surface area contributed by atoms with E-state index < -0.39 is 5.97 Å². The fourth-order valence-corrected chi connectivity index (χ4v) is 2.41. The number of rotatable bonds is 6. The Morgan fingerprint density at radius 3 is 2.29 bits per heavy atom. The number of Topliss-reactive ketones (excluding diaryl/α,β-unsaturated/α-hetero) is 1. The molecule has 0 atom stereocenters. The van der Waals surface area contributed by atoms with Gasteiger partial charge in [0, 0.05) is 12.1 Å². The molecule has 4 heteroatoms. The highest BCUT2D eigenvalue weighted by Gasteiger charge is 2.25. The maximum Gasteiger partial charge on any atom is 0.336 e. The van der Waals surface area contributed by atoms with Gasteiger partial charge in [0.05, 0.1) is 11.1 Å². The van der Waals surface area contributed by atoms with Crippen LogP contribution in [0.1, 0.15) is 79.7 Å². The molecule has 4 nitrogen and oxygen atoms in total. The van der Waals surface area contributed by atoms with Gasteiger partial charge in [0.25, 0.3) is 0 Å². The van der Waals surface area contributed by atoms with Crippen molar-refractivity contribution in [2.45, 2.75) is 58.8 Å². The van der Waals surface area contributed by atoms with E-state index >= 15 is 0 Å². The first-order chi connectivity index (χ1) is 9.70. The first-order valence-corrected chi connectivity index (χ1v) is 7.39. The highest BCUT2D eigenvalue weighted by atomic mass is 16.4. The van der Waals surface area contributed by atoms with Crippen LogP contribution in [0.2, 0.25) is 0 Å². The lowest BCUT2D eigenvalue weighted by molar-refractivity contribution is 0.0691. The standard InChI is InChI=1S/C17H25NO3/c1-5-6-7-8-13(19)14-11(16(20)21)9-10-12(15(14)18)17(2,3)4/h9-10H,5-8,18H2,1-4H3,(H,20,21). The van der Waals surface area contributed by atoms with Gasteiger partial charge >= 0.3 is 5.97 Å². The Labute approximate surface area is 126 Å². The third-order valence-electron chi connectivity index (χ3n) is 3.57. The summed E-state index contributed by atoms with van der Waals surface area (Å²) in [6.45, 7) is 8.03. The number of unbranched alkanes of at least 4 members (excludes halogenated alkanes) is 2. The first kappa shape index (κ1) is 17.2. The van der Waals surface area contributed by atoms with Gasteiger partial charge in [-0.2, -0.15) is 0 Å². The van der Waals surface area contributed by atoms with Crippen LogP contribution in [0, 0.1) is 0 Å². The minimum absolute atomic E-state index is 0.00185. The molecule has 1 aromatic carbocycles. The first-order valence-electron chi connectivity index (χ1n) is 7.39. The summed E-state index contributed by atoms with van der Waals surface area (Å²) in [5.74, 6) is -1.29. The van der Waals surface area contributed by atoms with E-state index in [0.717, 1.165) is 24.8 Å². The average molecular weight is 291 g/mol. The number of hydrogen-bond donors (Lipinski definition) is 2. The minimum Gasteiger partial charge on any atom is -0.478 e. The molecular weight excluding hydrogens is 266 g/mol. The zero-order valence-corrected chi connectivity index (χ0v) is 13.3. The quantitative estimate of drug-likeness (QED) is 0.471. The van der Waals surface area contributed by atoms with Gasteiger partial charge in [0.1, 0.15) is 0 Å². The lowest BCUT2D eigenvalue weighted by Gasteiger charge is -2.23. The molecule has 0 aromatic heterocycles. The van der Waals surface area contributed by atoms with Crippen molar-refractivity contribution < 1.29 is 14.7 Å². The van der Waals surface area contributed by atoms with Crippen LogP contribution in [0.15, 0.2) is 12.1 Å². The predicted molar refractivity (Wildman–Crippen MR) is 85.0 cm³/mol. The zero-order chi connectivity index (χ0) is 16.2. The lowest BCUT2D eigenvalue weighted by Crippen LogP contribution is -2.19. The summed E-state index contributed by atoms with van der Waals surface area (Å²) in [6, 6.07) is 3.20. The van der Waals surface area contributed by atoms with Crippen LogP contribution in [0.5, 0.6) is 0 Å². The summed E-state index contributed by atoms with van der Waals surface area (Å²) in [5, 5.41) is 9.30. The van der Waals surface area contributed by atoms with E-state index in [-0.39, 0.29) is 22.3 Å². The van der Waals surface area contributed by atoms with Gasteiger partial charge in [0.15, 0.2) is 5.78 Å². The molecule has 0 saturated heterocycles. The molecule has 21 heavy (non-hydrogen) atoms. The highest BCUT2D eigenvalue weighted by molar-refractivity contribution is 6.10. The number of aromatic carboxylic acids is 1. The maximum atomic E-state index is 12.4. The van der Waals surface area contributed by atoms with E-state index in [1.165, 1.54) is 6.07 Å². The number of carbonyl (C=O) groups excluding carboxylic acids is 1. The SMILES string of the molecule is CCCCCC(=O)c1c(C(=O)O)ccc(C(C)(C)C)c1N. The average Bonchev–Trinajstić information content (AvgIpc) is 2.36. The summed E-state index contributed by atoms with van der Waals surface area (Å²) in [7, 11) is 0. The van der Waals surface area contributed by atoms with Crippen molar-refractivity contribution in [2.24, 2.45) is 0 Å². The van der Waals surface area contributed by atoms with Gasteiger partial charge in [-0.3, -0.25) is 4.79 Å². The smallest absolute Gasteiger partial charge is 0.336 e. The van der Waals surface area contributed by atoms with Crippen LogP contribution in [-0.2, 0) is 5.41 Å². The summed E-state index contributed by atoms with van der Waals surface area (Å²) in [4.78, 5) is 23.8. The molecular formula is C17H25NO3. The molecule has 116 valence electrons. The van der Waals surface area contributed by atoms with Crippen molar-refractivity contribution in [1.82, 2.24) is 0 Å². The van der Waals surface area contributed by atoms with Crippen LogP contribution in [0.25, 0.3) is 0 Å². The van der Waals surface area contributed by atoms with Crippen molar-refractivity contribution in [3.8, 4) is 0 Å². The number of benzene rings is 1. The van der Waals surface area contributed by atoms with E-state index in [1.54, 1.807) is 6.07 Å². The molecule has 0 heterocycles. The number of carbonyl (C=O) groups is 2. The second kappa shape index (κ2) is 6.74. The largest absolute Gasteiger partial charge is 0.478 e. The zero-order valence-electron chi connectivity index (χ0n) is 13.3. The third kappa shape index (κ3) is 4.06. The Hall–Kier alpha value is -1.84. The Kier molecular flexibility index (Phi) is 5.53. The molecule has 0 aliphatic rings. The van der Waals surface area contributed by atoms with E-state index in [0.29, 0.717) is 12.1 Å². The van der Waals surface area contributed by atoms with Crippen molar-refractivity contribution in [1.29, 1.82) is 0 Å². The number of anilines is 1. The van der Waals surface area contributed by atoms with Gasteiger partial charge in [-0.05, 0) is 23.5 Å². The summed E-state index contributed by atoms with van der Waals surface area (Å²) < 4.78 is 0. The number of ketones is 1. The van der Waals surface area contributed by atoms with Gasteiger partial charge in [-0.25, -0.2) is 4.79 Å². The number of carboxylic acid groups (broad SMARTS) is 1. The fourth-order valence-electron chi connectivity index (χ4n) is 2.41. The second-order valence-corrected chi connectivity index (χ2v) is 6.38. The molecule has 0 unspecified atom stereocenters. The minimum atomic E-state index is -1.11. The van der Waals surface area contributed by atoms with Gasteiger partial charge in [-0.1, -0.05) is 46.6 Å². The number of hydrogen-bond acceptors (Lipinski definition) is 3. The summed E-state index contributed by atoms with van der Waals surface area (Å²) in [5.41, 5.74) is 7.19. The van der Waals surface area contributed by atoms with Crippen molar-refractivity contribution in [3.05, 3.63) is 28.8 Å². The van der Waals surface area contributed by atoms with Crippen LogP contribution < -0.4 is 5.73 Å². The third-order valence-corrected chi connectivity index (χ3v) is 3.57. The molecule has 0 aliphatic heterocycles. The van der Waals surface area contributed by atoms with Gasteiger partial charge in [0.2, 0.25) is 0 Å². The van der Waals surface area contributed by atoms with E-state index in [4.69, 9.17) is 5.73 Å². The fraction of sp³-hybridized carbons (Fsp3) is 0.529. The van der Waals surface area contributed by atoms with Gasteiger partial charge < -0.3 is 10.8 Å². The topological polar surface area (TPSA) is 80.4 Å². The molecule has 1 aromatic rings. The lowest BCUT2D eigenvalue weighted by atomic mass is 9.82. The number of nitrogen functional groups attached to an aromatic ring is 1. The summed E-state index contributed by atoms with van der Waals surface area (Å²) >= 11 is 0. The number of nitrogens with two attached hydrogens (primary N) is 1. The molecule has 0 radical (unpaired) electrons. The molecule has 0 saturated carbocycles. The van der Waals surface area contributed by atoms with Crippen molar-refractivity contribution in [2.75, 3.05) is 5.73 Å². The molecule has 0 amide bonds. The Morgan fingerprint density at radius 1 is 1.19 bits per heavy atom. The van der Waals surface area contributed by atoms with Crippen molar-refractivity contribution >= 4 is 17.4 Å². The van der Waals surface area contributed by atoms with Crippen LogP contribution >= 0.6 is 0 Å². The Bertz CT molecular complexity index is 542. The second-order valence-electron chi connectivity index (χ2n) is 6.38. The molecule has 0 bridgehead atoms. The molecule has 0 spiro atoms. The summed E-state index contributed by atoms with van der Waals surface area (Å²) in [6.07, 6.45) is 3.06. The maximum absolute atomic E-state index is 12.4. The number of carboxylic acids is 1. The molecule has 0 fully saturated rings. The van der Waals surface area contributed by atoms with Crippen LogP contribution in [0.3, 0.4) is 0 Å². The Balaban J connectivity index is 3.31. The van der Waals surface area contributed by atoms with Gasteiger partial charge in [-0.15, -0.1) is 0 Å². The van der Waals surface area contributed by atoms with Crippen molar-refractivity contribution in [3.63, 3.8) is 0 Å². The van der Waals surface area contributed by atoms with Crippen LogP contribution in [0.4, 0.5) is 5.69 Å².